The molecule has 0 unspecified atom stereocenters. The number of anilines is 1. The summed E-state index contributed by atoms with van der Waals surface area (Å²) in [6, 6.07) is 10.5. The highest BCUT2D eigenvalue weighted by atomic mass is 79.9. The van der Waals surface area contributed by atoms with E-state index >= 15 is 0 Å². The Kier molecular flexibility index (Phi) is 4.42. The van der Waals surface area contributed by atoms with E-state index in [4.69, 9.17) is 5.73 Å². The van der Waals surface area contributed by atoms with E-state index in [0.29, 0.717) is 10.0 Å². The van der Waals surface area contributed by atoms with Crippen molar-refractivity contribution >= 4 is 31.6 Å². The molecule has 0 spiro atoms. The fraction of sp³-hybridized carbons (Fsp3) is 0.0769. The third-order valence-corrected chi connectivity index (χ3v) is 4.79. The number of hydrogen-bond acceptors (Lipinski definition) is 3. The van der Waals surface area contributed by atoms with Crippen LogP contribution in [0.1, 0.15) is 5.56 Å². The Morgan fingerprint density at radius 1 is 1.15 bits per heavy atom. The maximum Gasteiger partial charge on any atom is 0.262 e. The Hall–Kier alpha value is -1.44. The van der Waals surface area contributed by atoms with E-state index in [1.54, 1.807) is 24.3 Å². The fourth-order valence-corrected chi connectivity index (χ4v) is 3.63. The summed E-state index contributed by atoms with van der Waals surface area (Å²) in [4.78, 5) is 0.0395. The highest BCUT2D eigenvalue weighted by Crippen LogP contribution is 2.28. The van der Waals surface area contributed by atoms with Crippen LogP contribution in [0.25, 0.3) is 0 Å². The first-order valence-corrected chi connectivity index (χ1v) is 7.98. The van der Waals surface area contributed by atoms with Gasteiger partial charge in [0.1, 0.15) is 5.82 Å². The van der Waals surface area contributed by atoms with Crippen LogP contribution in [0.4, 0.5) is 10.1 Å². The molecule has 2 aromatic rings. The minimum atomic E-state index is -3.90. The van der Waals surface area contributed by atoms with E-state index in [0.717, 1.165) is 0 Å². The number of halogens is 2. The Bertz CT molecular complexity index is 715. The summed E-state index contributed by atoms with van der Waals surface area (Å²) in [6.07, 6.45) is 0. The van der Waals surface area contributed by atoms with Crippen molar-refractivity contribution in [2.45, 2.75) is 11.4 Å². The van der Waals surface area contributed by atoms with E-state index in [2.05, 4.69) is 20.7 Å². The summed E-state index contributed by atoms with van der Waals surface area (Å²) in [5, 5.41) is 0. The van der Waals surface area contributed by atoms with Crippen molar-refractivity contribution in [3.63, 3.8) is 0 Å². The van der Waals surface area contributed by atoms with Crippen molar-refractivity contribution in [2.75, 3.05) is 4.72 Å². The quantitative estimate of drug-likeness (QED) is 0.882. The van der Waals surface area contributed by atoms with Gasteiger partial charge in [-0.05, 0) is 39.7 Å². The van der Waals surface area contributed by atoms with Crippen molar-refractivity contribution in [1.29, 1.82) is 0 Å². The van der Waals surface area contributed by atoms with Crippen molar-refractivity contribution in [3.05, 3.63) is 58.3 Å². The third-order valence-electron chi connectivity index (χ3n) is 2.68. The van der Waals surface area contributed by atoms with Gasteiger partial charge in [-0.1, -0.05) is 24.3 Å². The summed E-state index contributed by atoms with van der Waals surface area (Å²) in [5.74, 6) is -0.659. The molecule has 0 aliphatic heterocycles. The number of sulfonamides is 1. The smallest absolute Gasteiger partial charge is 0.262 e. The van der Waals surface area contributed by atoms with E-state index in [-0.39, 0.29) is 17.1 Å². The first kappa shape index (κ1) is 15.0. The maximum atomic E-state index is 13.7. The molecule has 20 heavy (non-hydrogen) atoms. The van der Waals surface area contributed by atoms with Gasteiger partial charge in [0.15, 0.2) is 0 Å². The number of benzene rings is 2. The van der Waals surface area contributed by atoms with Gasteiger partial charge in [0.2, 0.25) is 0 Å². The topological polar surface area (TPSA) is 72.2 Å². The summed E-state index contributed by atoms with van der Waals surface area (Å²) in [5.41, 5.74) is 5.86. The van der Waals surface area contributed by atoms with Gasteiger partial charge in [0.25, 0.3) is 10.0 Å². The van der Waals surface area contributed by atoms with Crippen LogP contribution in [0.3, 0.4) is 0 Å². The second kappa shape index (κ2) is 5.90. The SMILES string of the molecule is NCc1ccccc1S(=O)(=O)Nc1c(F)cccc1Br. The molecule has 0 radical (unpaired) electrons. The number of nitrogens with two attached hydrogens (primary N) is 1. The molecule has 3 N–H and O–H groups in total. The molecule has 0 aliphatic carbocycles. The molecule has 0 aliphatic rings. The van der Waals surface area contributed by atoms with Crippen molar-refractivity contribution < 1.29 is 12.8 Å². The van der Waals surface area contributed by atoms with Gasteiger partial charge >= 0.3 is 0 Å². The van der Waals surface area contributed by atoms with Crippen molar-refractivity contribution in [1.82, 2.24) is 0 Å². The lowest BCUT2D eigenvalue weighted by molar-refractivity contribution is 0.597. The molecular weight excluding hydrogens is 347 g/mol. The summed E-state index contributed by atoms with van der Waals surface area (Å²) in [7, 11) is -3.90. The van der Waals surface area contributed by atoms with Crippen LogP contribution in [-0.2, 0) is 16.6 Å². The molecule has 0 bridgehead atoms. The minimum absolute atomic E-state index is 0.0395. The molecule has 2 rings (SSSR count). The molecule has 7 heteroatoms. The summed E-state index contributed by atoms with van der Waals surface area (Å²) in [6.45, 7) is 0.0789. The lowest BCUT2D eigenvalue weighted by atomic mass is 10.2. The lowest BCUT2D eigenvalue weighted by Crippen LogP contribution is -2.17. The lowest BCUT2D eigenvalue weighted by Gasteiger charge is -2.13. The Labute approximate surface area is 125 Å². The van der Waals surface area contributed by atoms with Crippen LogP contribution in [0.5, 0.6) is 0 Å². The Morgan fingerprint density at radius 3 is 2.50 bits per heavy atom. The molecule has 0 saturated carbocycles. The highest BCUT2D eigenvalue weighted by Gasteiger charge is 2.20. The third kappa shape index (κ3) is 3.00. The molecule has 106 valence electrons. The van der Waals surface area contributed by atoms with Crippen LogP contribution in [0.15, 0.2) is 51.8 Å². The zero-order valence-electron chi connectivity index (χ0n) is 10.3. The Balaban J connectivity index is 2.47. The van der Waals surface area contributed by atoms with E-state index in [9.17, 15) is 12.8 Å². The van der Waals surface area contributed by atoms with E-state index in [1.165, 1.54) is 18.2 Å². The second-order valence-corrected chi connectivity index (χ2v) is 6.52. The maximum absolute atomic E-state index is 13.7. The van der Waals surface area contributed by atoms with Crippen LogP contribution >= 0.6 is 15.9 Å². The second-order valence-electron chi connectivity index (χ2n) is 4.01. The standard InChI is InChI=1S/C13H12BrFN2O2S/c14-10-5-3-6-11(15)13(10)17-20(18,19)12-7-2-1-4-9(12)8-16/h1-7,17H,8,16H2. The molecule has 0 atom stereocenters. The zero-order valence-corrected chi connectivity index (χ0v) is 12.7. The van der Waals surface area contributed by atoms with Gasteiger partial charge in [0, 0.05) is 11.0 Å². The number of para-hydroxylation sites is 1. The van der Waals surface area contributed by atoms with Crippen LogP contribution in [-0.4, -0.2) is 8.42 Å². The molecule has 0 saturated heterocycles. The van der Waals surface area contributed by atoms with Gasteiger partial charge in [-0.25, -0.2) is 12.8 Å². The van der Waals surface area contributed by atoms with Crippen molar-refractivity contribution in [2.24, 2.45) is 5.73 Å². The summed E-state index contributed by atoms with van der Waals surface area (Å²) < 4.78 is 40.9. The van der Waals surface area contributed by atoms with E-state index < -0.39 is 15.8 Å². The van der Waals surface area contributed by atoms with Gasteiger partial charge in [-0.2, -0.15) is 0 Å². The van der Waals surface area contributed by atoms with Crippen LogP contribution in [0, 0.1) is 5.82 Å². The van der Waals surface area contributed by atoms with Gasteiger partial charge in [-0.15, -0.1) is 0 Å². The van der Waals surface area contributed by atoms with Crippen molar-refractivity contribution in [3.8, 4) is 0 Å². The minimum Gasteiger partial charge on any atom is -0.326 e. The molecule has 4 nitrogen and oxygen atoms in total. The van der Waals surface area contributed by atoms with Gasteiger partial charge in [-0.3, -0.25) is 4.72 Å². The number of rotatable bonds is 4. The highest BCUT2D eigenvalue weighted by molar-refractivity contribution is 9.10. The molecular formula is C13H12BrFN2O2S. The van der Waals surface area contributed by atoms with Gasteiger partial charge < -0.3 is 5.73 Å². The van der Waals surface area contributed by atoms with Crippen LogP contribution in [0.2, 0.25) is 0 Å². The molecule has 0 amide bonds. The average Bonchev–Trinajstić information content (AvgIpc) is 2.43. The predicted octanol–water partition coefficient (Wildman–Crippen LogP) is 2.85. The fourth-order valence-electron chi connectivity index (χ4n) is 1.72. The number of nitrogens with one attached hydrogen (secondary N) is 1. The Morgan fingerprint density at radius 2 is 1.85 bits per heavy atom. The monoisotopic (exact) mass is 358 g/mol. The molecule has 0 aromatic heterocycles. The average molecular weight is 359 g/mol. The van der Waals surface area contributed by atoms with Gasteiger partial charge in [0.05, 0.1) is 10.6 Å². The first-order valence-electron chi connectivity index (χ1n) is 5.70. The molecule has 0 fully saturated rings. The molecule has 2 aromatic carbocycles. The normalized spacial score (nSPS) is 11.3. The first-order chi connectivity index (χ1) is 9.45. The summed E-state index contributed by atoms with van der Waals surface area (Å²) >= 11 is 3.12. The largest absolute Gasteiger partial charge is 0.326 e. The van der Waals surface area contributed by atoms with Crippen LogP contribution < -0.4 is 10.5 Å². The van der Waals surface area contributed by atoms with E-state index in [1.807, 2.05) is 0 Å². The number of hydrogen-bond donors (Lipinski definition) is 2. The predicted molar refractivity (Wildman–Crippen MR) is 79.2 cm³/mol. The molecule has 0 heterocycles. The zero-order chi connectivity index (χ0) is 14.8.